The van der Waals surface area contributed by atoms with Gasteiger partial charge in [-0.05, 0) is 49.6 Å². The summed E-state index contributed by atoms with van der Waals surface area (Å²) in [5.74, 6) is 2.14. The predicted octanol–water partition coefficient (Wildman–Crippen LogP) is 4.01. The van der Waals surface area contributed by atoms with E-state index in [1.165, 1.54) is 0 Å². The number of hydrogen-bond donors (Lipinski definition) is 0. The number of nitrogens with zero attached hydrogens (tertiary/aromatic N) is 1. The molecule has 5 heteroatoms. The van der Waals surface area contributed by atoms with Crippen LogP contribution in [0.3, 0.4) is 0 Å². The molecule has 0 N–H and O–H groups in total. The van der Waals surface area contributed by atoms with E-state index in [1.54, 1.807) is 14.2 Å². The summed E-state index contributed by atoms with van der Waals surface area (Å²) in [6.45, 7) is 3.97. The summed E-state index contributed by atoms with van der Waals surface area (Å²) in [7, 11) is 3.26. The van der Waals surface area contributed by atoms with Crippen molar-refractivity contribution in [1.29, 1.82) is 0 Å². The number of carbonyl (C=O) groups is 1. The summed E-state index contributed by atoms with van der Waals surface area (Å²) in [6, 6.07) is 13.6. The Bertz CT molecular complexity index is 750. The van der Waals surface area contributed by atoms with E-state index in [4.69, 9.17) is 14.2 Å². The molecule has 0 bridgehead atoms. The first-order valence-corrected chi connectivity index (χ1v) is 9.39. The van der Waals surface area contributed by atoms with Crippen LogP contribution in [-0.2, 0) is 11.3 Å². The first-order chi connectivity index (χ1) is 13.2. The lowest BCUT2D eigenvalue weighted by molar-refractivity contribution is -0.136. The lowest BCUT2D eigenvalue weighted by Gasteiger charge is -2.33. The van der Waals surface area contributed by atoms with Gasteiger partial charge in [-0.15, -0.1) is 0 Å². The van der Waals surface area contributed by atoms with Gasteiger partial charge in [0.05, 0.1) is 26.7 Å². The second kappa shape index (κ2) is 8.80. The van der Waals surface area contributed by atoms with Gasteiger partial charge in [-0.1, -0.05) is 18.2 Å². The molecule has 1 amide bonds. The highest BCUT2D eigenvalue weighted by molar-refractivity contribution is 5.86. The minimum atomic E-state index is -0.243. The lowest BCUT2D eigenvalue weighted by Crippen LogP contribution is -2.39. The maximum absolute atomic E-state index is 13.2. The van der Waals surface area contributed by atoms with Gasteiger partial charge in [0, 0.05) is 18.7 Å². The Hall–Kier alpha value is -2.69. The molecule has 0 aliphatic carbocycles. The van der Waals surface area contributed by atoms with Crippen LogP contribution in [0, 0.1) is 0 Å². The second-order valence-corrected chi connectivity index (χ2v) is 6.61. The Kier molecular flexibility index (Phi) is 6.22. The molecular formula is C22H27NO4. The first kappa shape index (κ1) is 19.1. The van der Waals surface area contributed by atoms with E-state index in [2.05, 4.69) is 0 Å². The number of ether oxygens (including phenoxy) is 3. The summed E-state index contributed by atoms with van der Waals surface area (Å²) in [6.07, 6.45) is 1.75. The van der Waals surface area contributed by atoms with E-state index in [-0.39, 0.29) is 11.8 Å². The zero-order valence-electron chi connectivity index (χ0n) is 16.2. The molecule has 1 saturated heterocycles. The molecule has 1 unspecified atom stereocenters. The van der Waals surface area contributed by atoms with Crippen molar-refractivity contribution in [3.8, 4) is 17.2 Å². The normalized spacial score (nSPS) is 16.9. The highest BCUT2D eigenvalue weighted by atomic mass is 16.5. The Morgan fingerprint density at radius 2 is 1.70 bits per heavy atom. The van der Waals surface area contributed by atoms with Gasteiger partial charge in [0.15, 0.2) is 0 Å². The van der Waals surface area contributed by atoms with E-state index < -0.39 is 0 Å². The fourth-order valence-electron chi connectivity index (χ4n) is 3.67. The second-order valence-electron chi connectivity index (χ2n) is 6.61. The average molecular weight is 369 g/mol. The maximum Gasteiger partial charge on any atom is 0.230 e. The summed E-state index contributed by atoms with van der Waals surface area (Å²) >= 11 is 0. The number of likely N-dealkylation sites (tertiary alicyclic amines) is 1. The smallest absolute Gasteiger partial charge is 0.230 e. The molecule has 0 radical (unpaired) electrons. The van der Waals surface area contributed by atoms with E-state index >= 15 is 0 Å². The number of amides is 1. The van der Waals surface area contributed by atoms with Gasteiger partial charge in [0.2, 0.25) is 5.91 Å². The number of methoxy groups -OCH3 is 2. The van der Waals surface area contributed by atoms with E-state index in [1.807, 2.05) is 54.3 Å². The van der Waals surface area contributed by atoms with Gasteiger partial charge < -0.3 is 19.1 Å². The summed E-state index contributed by atoms with van der Waals surface area (Å²) < 4.78 is 16.5. The summed E-state index contributed by atoms with van der Waals surface area (Å²) in [5, 5.41) is 0. The Balaban J connectivity index is 1.80. The number of benzene rings is 2. The average Bonchev–Trinajstić information content (AvgIpc) is 2.70. The molecule has 0 saturated carbocycles. The molecule has 1 aliphatic heterocycles. The quantitative estimate of drug-likeness (QED) is 0.740. The highest BCUT2D eigenvalue weighted by Crippen LogP contribution is 2.40. The molecule has 3 rings (SSSR count). The van der Waals surface area contributed by atoms with Crippen molar-refractivity contribution in [1.82, 2.24) is 4.90 Å². The van der Waals surface area contributed by atoms with Gasteiger partial charge in [-0.3, -0.25) is 4.79 Å². The minimum absolute atomic E-state index is 0.123. The van der Waals surface area contributed by atoms with Crippen molar-refractivity contribution in [2.75, 3.05) is 27.4 Å². The number of piperidine rings is 1. The van der Waals surface area contributed by atoms with Gasteiger partial charge >= 0.3 is 0 Å². The monoisotopic (exact) mass is 369 g/mol. The van der Waals surface area contributed by atoms with Crippen LogP contribution in [-0.4, -0.2) is 38.2 Å². The van der Waals surface area contributed by atoms with Crippen LogP contribution in [0.2, 0.25) is 0 Å². The standard InChI is InChI=1S/C22H27NO4/c1-4-27-17-12-10-16(11-13-17)15-23-14-6-7-18(22(23)24)21-19(25-2)8-5-9-20(21)26-3/h5,8-13,18H,4,6-7,14-15H2,1-3H3. The molecule has 2 aromatic carbocycles. The van der Waals surface area contributed by atoms with Crippen molar-refractivity contribution in [3.63, 3.8) is 0 Å². The largest absolute Gasteiger partial charge is 0.496 e. The fourth-order valence-corrected chi connectivity index (χ4v) is 3.67. The van der Waals surface area contributed by atoms with Crippen LogP contribution >= 0.6 is 0 Å². The van der Waals surface area contributed by atoms with Gasteiger partial charge in [0.1, 0.15) is 17.2 Å². The van der Waals surface area contributed by atoms with Crippen LogP contribution < -0.4 is 14.2 Å². The Morgan fingerprint density at radius 1 is 1.04 bits per heavy atom. The van der Waals surface area contributed by atoms with Gasteiger partial charge in [0.25, 0.3) is 0 Å². The topological polar surface area (TPSA) is 48.0 Å². The molecule has 1 aliphatic rings. The molecule has 27 heavy (non-hydrogen) atoms. The molecule has 1 fully saturated rings. The van der Waals surface area contributed by atoms with Gasteiger partial charge in [-0.25, -0.2) is 0 Å². The van der Waals surface area contributed by atoms with Crippen molar-refractivity contribution in [3.05, 3.63) is 53.6 Å². The number of carbonyl (C=O) groups excluding carboxylic acids is 1. The van der Waals surface area contributed by atoms with Crippen molar-refractivity contribution in [2.24, 2.45) is 0 Å². The van der Waals surface area contributed by atoms with Crippen LogP contribution in [0.4, 0.5) is 0 Å². The summed E-state index contributed by atoms with van der Waals surface area (Å²) in [5.41, 5.74) is 1.95. The predicted molar refractivity (Wildman–Crippen MR) is 105 cm³/mol. The van der Waals surface area contributed by atoms with Crippen molar-refractivity contribution < 1.29 is 19.0 Å². The van der Waals surface area contributed by atoms with Gasteiger partial charge in [-0.2, -0.15) is 0 Å². The van der Waals surface area contributed by atoms with Crippen LogP contribution in [0.1, 0.15) is 36.8 Å². The summed E-state index contributed by atoms with van der Waals surface area (Å²) in [4.78, 5) is 15.2. The number of hydrogen-bond acceptors (Lipinski definition) is 4. The minimum Gasteiger partial charge on any atom is -0.496 e. The Labute approximate surface area is 160 Å². The van der Waals surface area contributed by atoms with E-state index in [0.717, 1.165) is 36.3 Å². The highest BCUT2D eigenvalue weighted by Gasteiger charge is 2.34. The molecule has 1 atom stereocenters. The lowest BCUT2D eigenvalue weighted by atomic mass is 9.88. The van der Waals surface area contributed by atoms with Crippen molar-refractivity contribution >= 4 is 5.91 Å². The molecule has 2 aromatic rings. The molecule has 5 nitrogen and oxygen atoms in total. The van der Waals surface area contributed by atoms with Crippen LogP contribution in [0.25, 0.3) is 0 Å². The molecule has 0 aromatic heterocycles. The SMILES string of the molecule is CCOc1ccc(CN2CCCC(c3c(OC)cccc3OC)C2=O)cc1. The van der Waals surface area contributed by atoms with Crippen molar-refractivity contribution in [2.45, 2.75) is 32.2 Å². The van der Waals surface area contributed by atoms with E-state index in [0.29, 0.717) is 24.7 Å². The van der Waals surface area contributed by atoms with Crippen LogP contribution in [0.5, 0.6) is 17.2 Å². The fraction of sp³-hybridized carbons (Fsp3) is 0.409. The molecular weight excluding hydrogens is 342 g/mol. The third-order valence-electron chi connectivity index (χ3n) is 4.95. The third-order valence-corrected chi connectivity index (χ3v) is 4.95. The maximum atomic E-state index is 13.2. The molecule has 1 heterocycles. The van der Waals surface area contributed by atoms with Crippen LogP contribution in [0.15, 0.2) is 42.5 Å². The zero-order valence-corrected chi connectivity index (χ0v) is 16.2. The first-order valence-electron chi connectivity index (χ1n) is 9.39. The van der Waals surface area contributed by atoms with E-state index in [9.17, 15) is 4.79 Å². The third kappa shape index (κ3) is 4.18. The number of rotatable bonds is 7. The zero-order chi connectivity index (χ0) is 19.2. The Morgan fingerprint density at radius 3 is 2.30 bits per heavy atom. The molecule has 0 spiro atoms. The molecule has 144 valence electrons.